The number of nitrogens with one attached hydrogen (secondary N) is 2. The van der Waals surface area contributed by atoms with Crippen LogP contribution in [0.4, 0.5) is 0 Å². The lowest BCUT2D eigenvalue weighted by atomic mass is 10.2. The molecule has 0 bridgehead atoms. The first-order chi connectivity index (χ1) is 11.7. The number of likely N-dealkylation sites (tertiary alicyclic amines) is 1. The van der Waals surface area contributed by atoms with Crippen LogP contribution in [-0.4, -0.2) is 49.4 Å². The molecule has 0 unspecified atom stereocenters. The molecule has 5 rings (SSSR count). The Morgan fingerprint density at radius 3 is 3.17 bits per heavy atom. The lowest BCUT2D eigenvalue weighted by Gasteiger charge is -2.13. The van der Waals surface area contributed by atoms with Gasteiger partial charge in [-0.1, -0.05) is 0 Å². The molecule has 1 atom stereocenters. The molecular weight excluding hydrogens is 310 g/mol. The van der Waals surface area contributed by atoms with E-state index in [4.69, 9.17) is 4.42 Å². The fraction of sp³-hybridized carbons (Fsp3) is 0.312. The highest BCUT2D eigenvalue weighted by molar-refractivity contribution is 6.15. The van der Waals surface area contributed by atoms with Gasteiger partial charge in [0, 0.05) is 18.5 Å². The first kappa shape index (κ1) is 13.7. The van der Waals surface area contributed by atoms with Crippen LogP contribution < -0.4 is 5.56 Å². The van der Waals surface area contributed by atoms with E-state index in [1.807, 2.05) is 12.1 Å². The van der Waals surface area contributed by atoms with Gasteiger partial charge in [0.05, 0.1) is 29.7 Å². The summed E-state index contributed by atoms with van der Waals surface area (Å²) in [5, 5.41) is 18.4. The summed E-state index contributed by atoms with van der Waals surface area (Å²) >= 11 is 0. The summed E-state index contributed by atoms with van der Waals surface area (Å²) in [4.78, 5) is 21.9. The van der Waals surface area contributed by atoms with Gasteiger partial charge in [0.25, 0.3) is 5.56 Å². The molecule has 8 heteroatoms. The van der Waals surface area contributed by atoms with Crippen molar-refractivity contribution in [2.24, 2.45) is 0 Å². The fourth-order valence-corrected chi connectivity index (χ4v) is 3.44. The minimum absolute atomic E-state index is 0.220. The van der Waals surface area contributed by atoms with Crippen LogP contribution in [0.3, 0.4) is 0 Å². The smallest absolute Gasteiger partial charge is 0.294 e. The quantitative estimate of drug-likeness (QED) is 0.509. The molecule has 1 aliphatic rings. The van der Waals surface area contributed by atoms with E-state index in [-0.39, 0.29) is 17.2 Å². The molecule has 1 aliphatic heterocycles. The average molecular weight is 325 g/mol. The monoisotopic (exact) mass is 325 g/mol. The normalized spacial score (nSPS) is 19.1. The Balaban J connectivity index is 1.72. The molecule has 0 spiro atoms. The van der Waals surface area contributed by atoms with E-state index in [0.29, 0.717) is 30.0 Å². The van der Waals surface area contributed by atoms with Crippen LogP contribution in [-0.2, 0) is 6.54 Å². The number of furan rings is 1. The number of aromatic amines is 2. The summed E-state index contributed by atoms with van der Waals surface area (Å²) in [7, 11) is 0. The molecule has 4 aromatic rings. The third-order valence-corrected chi connectivity index (χ3v) is 4.57. The van der Waals surface area contributed by atoms with E-state index < -0.39 is 0 Å². The minimum atomic E-state index is -0.306. The first-order valence-corrected chi connectivity index (χ1v) is 7.87. The van der Waals surface area contributed by atoms with Crippen molar-refractivity contribution >= 4 is 33.0 Å². The van der Waals surface area contributed by atoms with Crippen molar-refractivity contribution in [2.45, 2.75) is 19.1 Å². The fourth-order valence-electron chi connectivity index (χ4n) is 3.44. The largest absolute Gasteiger partial charge is 0.448 e. The average Bonchev–Trinajstić information content (AvgIpc) is 3.24. The molecule has 1 saturated heterocycles. The molecule has 3 N–H and O–H groups in total. The van der Waals surface area contributed by atoms with Crippen LogP contribution in [0.1, 0.15) is 12.2 Å². The van der Waals surface area contributed by atoms with Crippen molar-refractivity contribution in [1.82, 2.24) is 25.1 Å². The van der Waals surface area contributed by atoms with E-state index in [2.05, 4.69) is 25.1 Å². The highest BCUT2D eigenvalue weighted by Gasteiger charge is 2.22. The number of rotatable bonds is 2. The van der Waals surface area contributed by atoms with Crippen LogP contribution >= 0.6 is 0 Å². The summed E-state index contributed by atoms with van der Waals surface area (Å²) in [5.74, 6) is 0.570. The summed E-state index contributed by atoms with van der Waals surface area (Å²) in [6.45, 7) is 1.88. The predicted octanol–water partition coefficient (Wildman–Crippen LogP) is 1.11. The van der Waals surface area contributed by atoms with E-state index in [9.17, 15) is 9.90 Å². The number of benzene rings is 1. The zero-order chi connectivity index (χ0) is 16.3. The Kier molecular flexibility index (Phi) is 2.79. The van der Waals surface area contributed by atoms with Gasteiger partial charge in [-0.3, -0.25) is 14.8 Å². The van der Waals surface area contributed by atoms with Gasteiger partial charge in [-0.2, -0.15) is 5.10 Å². The number of β-amino-alcohol motifs (C(OH)–C–C–N with tert-alkyl or cyclic N) is 1. The minimum Gasteiger partial charge on any atom is -0.448 e. The maximum atomic E-state index is 12.4. The second-order valence-corrected chi connectivity index (χ2v) is 6.24. The van der Waals surface area contributed by atoms with Gasteiger partial charge in [0.15, 0.2) is 0 Å². The van der Waals surface area contributed by atoms with Gasteiger partial charge in [-0.05, 0) is 18.6 Å². The number of H-pyrrole nitrogens is 2. The van der Waals surface area contributed by atoms with E-state index >= 15 is 0 Å². The summed E-state index contributed by atoms with van der Waals surface area (Å²) in [6, 6.07) is 3.72. The van der Waals surface area contributed by atoms with E-state index in [1.165, 1.54) is 0 Å². The summed E-state index contributed by atoms with van der Waals surface area (Å²) in [6.07, 6.45) is 2.17. The highest BCUT2D eigenvalue weighted by Crippen LogP contribution is 2.30. The molecule has 24 heavy (non-hydrogen) atoms. The number of hydrogen-bond donors (Lipinski definition) is 3. The van der Waals surface area contributed by atoms with Crippen LogP contribution in [0.15, 0.2) is 27.5 Å². The Hall–Kier alpha value is -2.71. The predicted molar refractivity (Wildman–Crippen MR) is 87.7 cm³/mol. The Labute approximate surface area is 135 Å². The number of aliphatic hydroxyl groups is 1. The molecule has 3 aromatic heterocycles. The first-order valence-electron chi connectivity index (χ1n) is 7.87. The van der Waals surface area contributed by atoms with Crippen molar-refractivity contribution in [2.75, 3.05) is 13.1 Å². The van der Waals surface area contributed by atoms with Gasteiger partial charge in [0.2, 0.25) is 5.58 Å². The molecule has 0 saturated carbocycles. The molecule has 1 aromatic carbocycles. The van der Waals surface area contributed by atoms with Crippen LogP contribution in [0.25, 0.3) is 33.0 Å². The van der Waals surface area contributed by atoms with Crippen LogP contribution in [0.2, 0.25) is 0 Å². The van der Waals surface area contributed by atoms with Crippen molar-refractivity contribution in [3.63, 3.8) is 0 Å². The second-order valence-electron chi connectivity index (χ2n) is 6.24. The number of aliphatic hydroxyl groups excluding tert-OH is 1. The molecule has 0 amide bonds. The topological polar surface area (TPSA) is 111 Å². The van der Waals surface area contributed by atoms with Gasteiger partial charge in [-0.15, -0.1) is 0 Å². The van der Waals surface area contributed by atoms with Gasteiger partial charge in [0.1, 0.15) is 16.9 Å². The molecule has 1 fully saturated rings. The number of fused-ring (bicyclic) bond motifs is 5. The lowest BCUT2D eigenvalue weighted by molar-refractivity contribution is 0.174. The number of nitrogens with zero attached hydrogens (tertiary/aromatic N) is 3. The molecule has 8 nitrogen and oxygen atoms in total. The van der Waals surface area contributed by atoms with Gasteiger partial charge >= 0.3 is 0 Å². The van der Waals surface area contributed by atoms with Crippen molar-refractivity contribution in [3.05, 3.63) is 34.5 Å². The standard InChI is InChI=1S/C16H15N5O3/c22-9-3-4-21(6-9)7-11-18-14-12-10(24-15(14)16(23)19-11)2-1-8-5-17-20-13(8)12/h1-2,5,9,22H,3-4,6-7H2,(H,17,20)(H,18,19,23)/t9-/m0/s1. The summed E-state index contributed by atoms with van der Waals surface area (Å²) in [5.41, 5.74) is 1.88. The lowest BCUT2D eigenvalue weighted by Crippen LogP contribution is -2.24. The zero-order valence-electron chi connectivity index (χ0n) is 12.7. The van der Waals surface area contributed by atoms with Crippen LogP contribution in [0, 0.1) is 0 Å². The van der Waals surface area contributed by atoms with Gasteiger partial charge < -0.3 is 14.5 Å². The Morgan fingerprint density at radius 1 is 1.42 bits per heavy atom. The Morgan fingerprint density at radius 2 is 2.33 bits per heavy atom. The Bertz CT molecular complexity index is 1130. The molecule has 4 heterocycles. The van der Waals surface area contributed by atoms with Crippen molar-refractivity contribution in [3.8, 4) is 0 Å². The van der Waals surface area contributed by atoms with E-state index in [1.54, 1.807) is 6.20 Å². The highest BCUT2D eigenvalue weighted by atomic mass is 16.3. The maximum Gasteiger partial charge on any atom is 0.294 e. The third kappa shape index (κ3) is 1.97. The zero-order valence-corrected chi connectivity index (χ0v) is 12.7. The van der Waals surface area contributed by atoms with Gasteiger partial charge in [-0.25, -0.2) is 4.98 Å². The maximum absolute atomic E-state index is 12.4. The molecule has 0 radical (unpaired) electrons. The molecular formula is C16H15N5O3. The van der Waals surface area contributed by atoms with E-state index in [0.717, 1.165) is 29.3 Å². The third-order valence-electron chi connectivity index (χ3n) is 4.57. The second kappa shape index (κ2) is 4.89. The molecule has 122 valence electrons. The number of hydrogen-bond acceptors (Lipinski definition) is 6. The summed E-state index contributed by atoms with van der Waals surface area (Å²) < 4.78 is 5.70. The number of aromatic nitrogens is 4. The SMILES string of the molecule is O=c1[nH]c(CN2CC[C@H](O)C2)nc2c1oc1ccc3cn[nH]c3c12. The van der Waals surface area contributed by atoms with Crippen molar-refractivity contribution < 1.29 is 9.52 Å². The van der Waals surface area contributed by atoms with Crippen molar-refractivity contribution in [1.29, 1.82) is 0 Å². The molecule has 0 aliphatic carbocycles. The van der Waals surface area contributed by atoms with Crippen LogP contribution in [0.5, 0.6) is 0 Å².